The Morgan fingerprint density at radius 1 is 1.18 bits per heavy atom. The summed E-state index contributed by atoms with van der Waals surface area (Å²) in [5.41, 5.74) is -1.74. The van der Waals surface area contributed by atoms with Crippen LogP contribution < -0.4 is 5.73 Å². The predicted molar refractivity (Wildman–Crippen MR) is 112 cm³/mol. The van der Waals surface area contributed by atoms with Gasteiger partial charge in [-0.05, 0) is 13.8 Å². The quantitative estimate of drug-likeness (QED) is 0.246. The molecular weight excluding hydrogens is 450 g/mol. The number of rotatable bonds is 3. The molecule has 3 aliphatic carbocycles. The number of fused-ring (bicyclic) bond motifs is 3. The Bertz CT molecular complexity index is 1290. The fraction of sp³-hybridized carbons (Fsp3) is 0.348. The number of hydrogen-bond donors (Lipinski definition) is 6. The van der Waals surface area contributed by atoms with Gasteiger partial charge in [-0.2, -0.15) is 0 Å². The molecule has 4 atom stereocenters. The average molecular weight is 471 g/mol. The van der Waals surface area contributed by atoms with Crippen LogP contribution in [0.1, 0.15) is 41.8 Å². The highest BCUT2D eigenvalue weighted by Crippen LogP contribution is 2.52. The van der Waals surface area contributed by atoms with E-state index >= 15 is 0 Å². The number of carbonyl (C=O) groups is 5. The summed E-state index contributed by atoms with van der Waals surface area (Å²) >= 11 is 0. The van der Waals surface area contributed by atoms with Gasteiger partial charge in [0.2, 0.25) is 5.78 Å². The summed E-state index contributed by atoms with van der Waals surface area (Å²) in [7, 11) is 0. The highest BCUT2D eigenvalue weighted by Gasteiger charge is 2.65. The lowest BCUT2D eigenvalue weighted by Gasteiger charge is -2.48. The van der Waals surface area contributed by atoms with E-state index in [0.29, 0.717) is 6.29 Å². The first-order valence-electron chi connectivity index (χ1n) is 10.2. The van der Waals surface area contributed by atoms with Crippen molar-refractivity contribution in [2.45, 2.75) is 37.4 Å². The molecule has 4 rings (SSSR count). The molecule has 0 unspecified atom stereocenters. The zero-order valence-corrected chi connectivity index (χ0v) is 18.0. The molecule has 1 aromatic carbocycles. The highest BCUT2D eigenvalue weighted by atomic mass is 16.4. The van der Waals surface area contributed by atoms with Gasteiger partial charge in [0.05, 0.1) is 23.2 Å². The van der Waals surface area contributed by atoms with E-state index in [4.69, 9.17) is 5.73 Å². The monoisotopic (exact) mass is 471 g/mol. The van der Waals surface area contributed by atoms with E-state index in [0.717, 1.165) is 0 Å². The molecule has 0 bridgehead atoms. The molecule has 0 aliphatic heterocycles. The van der Waals surface area contributed by atoms with Gasteiger partial charge in [-0.1, -0.05) is 12.1 Å². The maximum absolute atomic E-state index is 13.4. The molecule has 0 heterocycles. The van der Waals surface area contributed by atoms with Gasteiger partial charge in [0.25, 0.3) is 5.91 Å². The second-order valence-electron chi connectivity index (χ2n) is 9.24. The molecule has 178 valence electrons. The van der Waals surface area contributed by atoms with Gasteiger partial charge in [0.1, 0.15) is 29.1 Å². The molecule has 1 aromatic rings. The van der Waals surface area contributed by atoms with E-state index in [-0.39, 0.29) is 11.1 Å². The number of aromatic hydroxyl groups is 1. The number of Topliss-reactive ketones (excluding diaryl/α,β-unsaturated/α-hetero) is 3. The van der Waals surface area contributed by atoms with Crippen LogP contribution in [-0.4, -0.2) is 66.8 Å². The number of ketones is 3. The Balaban J connectivity index is 2.03. The summed E-state index contributed by atoms with van der Waals surface area (Å²) in [5.74, 6) is -11.2. The molecule has 3 aliphatic rings. The fourth-order valence-electron chi connectivity index (χ4n) is 5.06. The average Bonchev–Trinajstić information content (AvgIpc) is 2.76. The number of nitrogens with two attached hydrogens (primary N) is 1. The normalized spacial score (nSPS) is 28.9. The van der Waals surface area contributed by atoms with Gasteiger partial charge >= 0.3 is 0 Å². The third-order valence-corrected chi connectivity index (χ3v) is 6.93. The predicted octanol–water partition coefficient (Wildman–Crippen LogP) is -0.489. The third kappa shape index (κ3) is 2.68. The van der Waals surface area contributed by atoms with Gasteiger partial charge in [-0.25, -0.2) is 0 Å². The first kappa shape index (κ1) is 23.3. The van der Waals surface area contributed by atoms with E-state index in [9.17, 15) is 49.5 Å². The minimum atomic E-state index is -3.04. The van der Waals surface area contributed by atoms with Crippen molar-refractivity contribution in [3.05, 3.63) is 45.7 Å². The fourth-order valence-corrected chi connectivity index (χ4v) is 5.06. The Morgan fingerprint density at radius 2 is 1.79 bits per heavy atom. The number of aliphatic hydroxyl groups excluding tert-OH is 3. The molecule has 7 N–H and O–H groups in total. The Morgan fingerprint density at radius 3 is 2.35 bits per heavy atom. The second kappa shape index (κ2) is 7.08. The minimum Gasteiger partial charge on any atom is -0.508 e. The number of aliphatic hydroxyl groups is 4. The largest absolute Gasteiger partial charge is 0.508 e. The zero-order chi connectivity index (χ0) is 25.5. The van der Waals surface area contributed by atoms with Crippen LogP contribution in [0, 0.1) is 11.8 Å². The summed E-state index contributed by atoms with van der Waals surface area (Å²) in [6.07, 6.45) is -2.19. The number of primary amides is 1. The van der Waals surface area contributed by atoms with E-state index in [1.165, 1.54) is 26.0 Å². The molecule has 0 spiro atoms. The van der Waals surface area contributed by atoms with Crippen LogP contribution in [0.25, 0.3) is 5.76 Å². The molecule has 1 amide bonds. The molecule has 11 heteroatoms. The summed E-state index contributed by atoms with van der Waals surface area (Å²) in [5, 5.41) is 54.5. The maximum Gasteiger partial charge on any atom is 0.255 e. The first-order valence-corrected chi connectivity index (χ1v) is 10.2. The number of benzene rings is 1. The summed E-state index contributed by atoms with van der Waals surface area (Å²) in [4.78, 5) is 62.2. The molecule has 1 saturated carbocycles. The number of hydrogen-bond acceptors (Lipinski definition) is 10. The van der Waals surface area contributed by atoms with Crippen molar-refractivity contribution in [3.8, 4) is 5.75 Å². The second-order valence-corrected chi connectivity index (χ2v) is 9.24. The lowest BCUT2D eigenvalue weighted by atomic mass is 9.57. The van der Waals surface area contributed by atoms with Crippen LogP contribution in [0.2, 0.25) is 0 Å². The van der Waals surface area contributed by atoms with Gasteiger partial charge in [0.15, 0.2) is 17.2 Å². The van der Waals surface area contributed by atoms with Crippen LogP contribution >= 0.6 is 0 Å². The summed E-state index contributed by atoms with van der Waals surface area (Å²) < 4.78 is 0. The molecular formula is C23H21NO10. The highest BCUT2D eigenvalue weighted by molar-refractivity contribution is 6.25. The molecule has 0 saturated heterocycles. The molecule has 0 radical (unpaired) electrons. The third-order valence-electron chi connectivity index (χ3n) is 6.93. The van der Waals surface area contributed by atoms with Crippen molar-refractivity contribution in [2.75, 3.05) is 0 Å². The maximum atomic E-state index is 13.4. The van der Waals surface area contributed by atoms with Crippen LogP contribution in [0.5, 0.6) is 5.75 Å². The van der Waals surface area contributed by atoms with Gasteiger partial charge in [-0.15, -0.1) is 0 Å². The number of phenolic OH excluding ortho intramolecular Hbond substituents is 1. The molecule has 34 heavy (non-hydrogen) atoms. The Labute approximate surface area is 191 Å². The lowest BCUT2D eigenvalue weighted by molar-refractivity contribution is -0.158. The van der Waals surface area contributed by atoms with E-state index in [2.05, 4.69) is 0 Å². The van der Waals surface area contributed by atoms with Crippen LogP contribution in [0.3, 0.4) is 0 Å². The molecule has 1 fully saturated rings. The Kier molecular flexibility index (Phi) is 4.86. The lowest BCUT2D eigenvalue weighted by Crippen LogP contribution is -2.64. The van der Waals surface area contributed by atoms with Crippen LogP contribution in [-0.2, 0) is 24.6 Å². The van der Waals surface area contributed by atoms with Crippen molar-refractivity contribution in [2.24, 2.45) is 17.6 Å². The SMILES string of the molecule is CC(C)(C=O)c1ccc2c(c1O)C(O)=C1C(=O)[C@]3(O)C(O)=C(C(N)=O)C(=O)C[C@@H]3[C@@H](O)[C@@H]1C2=O. The van der Waals surface area contributed by atoms with E-state index in [1.54, 1.807) is 0 Å². The summed E-state index contributed by atoms with van der Waals surface area (Å²) in [6.45, 7) is 2.93. The van der Waals surface area contributed by atoms with Crippen molar-refractivity contribution in [1.82, 2.24) is 0 Å². The van der Waals surface area contributed by atoms with Crippen LogP contribution in [0.4, 0.5) is 0 Å². The van der Waals surface area contributed by atoms with Gasteiger partial charge in [0, 0.05) is 28.9 Å². The first-order chi connectivity index (χ1) is 15.7. The van der Waals surface area contributed by atoms with E-state index < -0.39 is 92.6 Å². The van der Waals surface area contributed by atoms with E-state index in [1.807, 2.05) is 0 Å². The van der Waals surface area contributed by atoms with Crippen molar-refractivity contribution >= 4 is 35.3 Å². The summed E-state index contributed by atoms with van der Waals surface area (Å²) in [6, 6.07) is 2.52. The zero-order valence-electron chi connectivity index (χ0n) is 18.0. The van der Waals surface area contributed by atoms with Crippen molar-refractivity contribution < 1.29 is 49.5 Å². The van der Waals surface area contributed by atoms with Gasteiger partial charge < -0.3 is 36.1 Å². The van der Waals surface area contributed by atoms with Crippen molar-refractivity contribution in [3.63, 3.8) is 0 Å². The van der Waals surface area contributed by atoms with Crippen molar-refractivity contribution in [1.29, 1.82) is 0 Å². The smallest absolute Gasteiger partial charge is 0.255 e. The number of carbonyl (C=O) groups excluding carboxylic acids is 5. The molecule has 0 aromatic heterocycles. The topological polar surface area (TPSA) is 213 Å². The minimum absolute atomic E-state index is 0.0297. The number of aldehydes is 1. The number of phenols is 1. The number of amides is 1. The van der Waals surface area contributed by atoms with Gasteiger partial charge in [-0.3, -0.25) is 19.2 Å². The molecule has 11 nitrogen and oxygen atoms in total. The Hall–Kier alpha value is -3.83. The standard InChI is InChI=1S/C23H21NO10/c1-22(2,6-25)8-4-3-7-11(16(8)28)18(30)14-13(15(7)27)17(29)9-5-10(26)12(21(24)33)19(31)23(9,34)20(14)32/h3-4,6,9,13,17,28-31,34H,5H2,1-2H3,(H2,24,33)/t9-,13+,17-,23-/m1/s1. The van der Waals surface area contributed by atoms with Crippen LogP contribution in [0.15, 0.2) is 29.0 Å².